The van der Waals surface area contributed by atoms with Crippen LogP contribution in [0, 0.1) is 3.57 Å². The standard InChI is InChI=1S/C19H15F3INO3/c1-3-27-17-14(23)7-10(8-16(17)26-2)6-13-12-5-4-11(19(20,21)22)9-15(12)24-18(13)25/h4-9H,3H2,1-2H3,(H,24,25)/b13-6-. The molecule has 1 aliphatic rings. The molecule has 0 radical (unpaired) electrons. The van der Waals surface area contributed by atoms with Crippen LogP contribution in [-0.2, 0) is 11.0 Å². The maximum Gasteiger partial charge on any atom is 0.416 e. The van der Waals surface area contributed by atoms with Gasteiger partial charge < -0.3 is 14.8 Å². The van der Waals surface area contributed by atoms with E-state index in [1.54, 1.807) is 12.1 Å². The summed E-state index contributed by atoms with van der Waals surface area (Å²) in [6, 6.07) is 6.75. The topological polar surface area (TPSA) is 47.6 Å². The van der Waals surface area contributed by atoms with Crippen LogP contribution in [0.5, 0.6) is 11.5 Å². The van der Waals surface area contributed by atoms with Gasteiger partial charge >= 0.3 is 6.18 Å². The number of anilines is 1. The quantitative estimate of drug-likeness (QED) is 0.474. The molecule has 2 aromatic carbocycles. The molecule has 4 nitrogen and oxygen atoms in total. The Bertz CT molecular complexity index is 939. The lowest BCUT2D eigenvalue weighted by atomic mass is 10.0. The molecule has 0 unspecified atom stereocenters. The Labute approximate surface area is 167 Å². The lowest BCUT2D eigenvalue weighted by Gasteiger charge is -2.12. The normalized spacial score (nSPS) is 14.9. The molecule has 1 heterocycles. The van der Waals surface area contributed by atoms with Crippen LogP contribution in [0.2, 0.25) is 0 Å². The van der Waals surface area contributed by atoms with E-state index in [4.69, 9.17) is 9.47 Å². The summed E-state index contributed by atoms with van der Waals surface area (Å²) in [5, 5.41) is 2.49. The fraction of sp³-hybridized carbons (Fsp3) is 0.211. The van der Waals surface area contributed by atoms with Crippen molar-refractivity contribution in [2.24, 2.45) is 0 Å². The zero-order valence-electron chi connectivity index (χ0n) is 14.4. The van der Waals surface area contributed by atoms with E-state index >= 15 is 0 Å². The van der Waals surface area contributed by atoms with Gasteiger partial charge in [0.2, 0.25) is 0 Å². The first kappa shape index (κ1) is 19.5. The number of nitrogens with one attached hydrogen (secondary N) is 1. The van der Waals surface area contributed by atoms with Crippen LogP contribution in [0.25, 0.3) is 11.6 Å². The first-order chi connectivity index (χ1) is 12.7. The molecule has 3 rings (SSSR count). The first-order valence-corrected chi connectivity index (χ1v) is 9.07. The molecule has 1 N–H and O–H groups in total. The average molecular weight is 489 g/mol. The minimum atomic E-state index is -4.47. The third-order valence-corrected chi connectivity index (χ3v) is 4.78. The van der Waals surface area contributed by atoms with Crippen LogP contribution in [0.1, 0.15) is 23.6 Å². The number of benzene rings is 2. The third-order valence-electron chi connectivity index (χ3n) is 3.98. The fourth-order valence-electron chi connectivity index (χ4n) is 2.79. The Morgan fingerprint density at radius 2 is 1.96 bits per heavy atom. The van der Waals surface area contributed by atoms with Gasteiger partial charge in [-0.25, -0.2) is 0 Å². The molecule has 0 aliphatic carbocycles. The smallest absolute Gasteiger partial charge is 0.416 e. The zero-order valence-corrected chi connectivity index (χ0v) is 16.6. The highest BCUT2D eigenvalue weighted by molar-refractivity contribution is 14.1. The first-order valence-electron chi connectivity index (χ1n) is 7.99. The van der Waals surface area contributed by atoms with Crippen LogP contribution in [0.15, 0.2) is 30.3 Å². The second-order valence-electron chi connectivity index (χ2n) is 5.74. The van der Waals surface area contributed by atoms with Crippen molar-refractivity contribution in [3.8, 4) is 11.5 Å². The predicted octanol–water partition coefficient (Wildman–Crippen LogP) is 5.21. The maximum absolute atomic E-state index is 12.9. The van der Waals surface area contributed by atoms with E-state index in [1.165, 1.54) is 13.2 Å². The summed E-state index contributed by atoms with van der Waals surface area (Å²) in [5.41, 5.74) is 0.739. The summed E-state index contributed by atoms with van der Waals surface area (Å²) in [6.07, 6.45) is -2.85. The number of hydrogen-bond donors (Lipinski definition) is 1. The Balaban J connectivity index is 2.04. The molecule has 1 aliphatic heterocycles. The van der Waals surface area contributed by atoms with Crippen LogP contribution in [0.4, 0.5) is 18.9 Å². The van der Waals surface area contributed by atoms with Gasteiger partial charge in [0.15, 0.2) is 11.5 Å². The molecule has 142 valence electrons. The van der Waals surface area contributed by atoms with Crippen molar-refractivity contribution in [3.05, 3.63) is 50.6 Å². The van der Waals surface area contributed by atoms with E-state index in [0.29, 0.717) is 34.8 Å². The lowest BCUT2D eigenvalue weighted by Crippen LogP contribution is -2.06. The van der Waals surface area contributed by atoms with E-state index in [2.05, 4.69) is 27.9 Å². The number of amides is 1. The van der Waals surface area contributed by atoms with Gasteiger partial charge in [0.1, 0.15) is 0 Å². The molecule has 0 atom stereocenters. The molecular formula is C19H15F3INO3. The Hall–Kier alpha value is -2.23. The average Bonchev–Trinajstić information content (AvgIpc) is 2.91. The number of carbonyl (C=O) groups is 1. The molecule has 0 saturated carbocycles. The van der Waals surface area contributed by atoms with Gasteiger partial charge in [-0.15, -0.1) is 0 Å². The van der Waals surface area contributed by atoms with Crippen molar-refractivity contribution in [3.63, 3.8) is 0 Å². The number of alkyl halides is 3. The van der Waals surface area contributed by atoms with Gasteiger partial charge in [-0.1, -0.05) is 6.07 Å². The third kappa shape index (κ3) is 3.90. The summed E-state index contributed by atoms with van der Waals surface area (Å²) < 4.78 is 50.3. The number of ether oxygens (including phenoxy) is 2. The Morgan fingerprint density at radius 1 is 1.22 bits per heavy atom. The molecule has 0 spiro atoms. The van der Waals surface area contributed by atoms with Crippen molar-refractivity contribution in [1.29, 1.82) is 0 Å². The van der Waals surface area contributed by atoms with E-state index in [-0.39, 0.29) is 5.69 Å². The molecule has 0 fully saturated rings. The van der Waals surface area contributed by atoms with Gasteiger partial charge in [0.25, 0.3) is 5.91 Å². The number of halogens is 4. The molecular weight excluding hydrogens is 474 g/mol. The maximum atomic E-state index is 12.9. The molecule has 2 aromatic rings. The number of hydrogen-bond acceptors (Lipinski definition) is 3. The van der Waals surface area contributed by atoms with Crippen LogP contribution >= 0.6 is 22.6 Å². The molecule has 0 saturated heterocycles. The zero-order chi connectivity index (χ0) is 19.8. The number of rotatable bonds is 4. The fourth-order valence-corrected chi connectivity index (χ4v) is 3.57. The van der Waals surface area contributed by atoms with E-state index in [1.807, 2.05) is 13.0 Å². The lowest BCUT2D eigenvalue weighted by molar-refractivity contribution is -0.137. The van der Waals surface area contributed by atoms with Gasteiger partial charge in [0, 0.05) is 16.8 Å². The summed E-state index contributed by atoms with van der Waals surface area (Å²) >= 11 is 2.10. The Kier molecular flexibility index (Phi) is 5.36. The summed E-state index contributed by atoms with van der Waals surface area (Å²) in [5.74, 6) is 0.669. The molecule has 0 bridgehead atoms. The van der Waals surface area contributed by atoms with Gasteiger partial charge in [-0.05, 0) is 65.4 Å². The molecule has 8 heteroatoms. The summed E-state index contributed by atoms with van der Waals surface area (Å²) in [6.45, 7) is 2.34. The number of carbonyl (C=O) groups excluding carboxylic acids is 1. The molecule has 0 aromatic heterocycles. The minimum absolute atomic E-state index is 0.147. The largest absolute Gasteiger partial charge is 0.493 e. The van der Waals surface area contributed by atoms with Crippen molar-refractivity contribution in [2.45, 2.75) is 13.1 Å². The summed E-state index contributed by atoms with van der Waals surface area (Å²) in [7, 11) is 1.51. The summed E-state index contributed by atoms with van der Waals surface area (Å²) in [4.78, 5) is 12.3. The predicted molar refractivity (Wildman–Crippen MR) is 105 cm³/mol. The van der Waals surface area contributed by atoms with Crippen LogP contribution in [-0.4, -0.2) is 19.6 Å². The highest BCUT2D eigenvalue weighted by atomic mass is 127. The second-order valence-corrected chi connectivity index (χ2v) is 6.90. The van der Waals surface area contributed by atoms with Crippen molar-refractivity contribution in [2.75, 3.05) is 19.0 Å². The van der Waals surface area contributed by atoms with Crippen molar-refractivity contribution < 1.29 is 27.4 Å². The van der Waals surface area contributed by atoms with Crippen LogP contribution in [0.3, 0.4) is 0 Å². The van der Waals surface area contributed by atoms with E-state index < -0.39 is 17.6 Å². The van der Waals surface area contributed by atoms with Gasteiger partial charge in [-0.2, -0.15) is 13.2 Å². The highest BCUT2D eigenvalue weighted by Gasteiger charge is 2.33. The highest BCUT2D eigenvalue weighted by Crippen LogP contribution is 2.40. The van der Waals surface area contributed by atoms with Crippen molar-refractivity contribution in [1.82, 2.24) is 0 Å². The molecule has 27 heavy (non-hydrogen) atoms. The number of methoxy groups -OCH3 is 1. The monoisotopic (exact) mass is 489 g/mol. The molecule has 1 amide bonds. The second kappa shape index (κ2) is 7.41. The minimum Gasteiger partial charge on any atom is -0.493 e. The van der Waals surface area contributed by atoms with E-state index in [9.17, 15) is 18.0 Å². The van der Waals surface area contributed by atoms with Crippen molar-refractivity contribution >= 4 is 45.8 Å². The van der Waals surface area contributed by atoms with Gasteiger partial charge in [0.05, 0.1) is 22.9 Å². The number of fused-ring (bicyclic) bond motifs is 1. The van der Waals surface area contributed by atoms with Crippen LogP contribution < -0.4 is 14.8 Å². The SMILES string of the molecule is CCOc1c(I)cc(/C=C2\C(=O)Nc3cc(C(F)(F)F)ccc32)cc1OC. The Morgan fingerprint density at radius 3 is 2.59 bits per heavy atom. The van der Waals surface area contributed by atoms with Gasteiger partial charge in [-0.3, -0.25) is 4.79 Å². The van der Waals surface area contributed by atoms with E-state index in [0.717, 1.165) is 15.7 Å².